The number of esters is 2. The zero-order valence-corrected chi connectivity index (χ0v) is 14.1. The molecule has 1 aromatic rings. The van der Waals surface area contributed by atoms with Gasteiger partial charge < -0.3 is 19.1 Å². The highest BCUT2D eigenvalue weighted by Crippen LogP contribution is 2.29. The maximum absolute atomic E-state index is 12.0. The molecule has 128 valence electrons. The van der Waals surface area contributed by atoms with Crippen molar-refractivity contribution in [3.05, 3.63) is 29.8 Å². The monoisotopic (exact) mass is 351 g/mol. The number of hydrogen-bond donors (Lipinski definition) is 0. The fourth-order valence-corrected chi connectivity index (χ4v) is 2.81. The summed E-state index contributed by atoms with van der Waals surface area (Å²) in [7, 11) is 2.74. The molecule has 0 spiro atoms. The van der Waals surface area contributed by atoms with E-state index >= 15 is 0 Å². The quantitative estimate of drug-likeness (QED) is 0.440. The van der Waals surface area contributed by atoms with Gasteiger partial charge in [-0.15, -0.1) is 0 Å². The van der Waals surface area contributed by atoms with Crippen LogP contribution < -0.4 is 9.47 Å². The van der Waals surface area contributed by atoms with E-state index in [9.17, 15) is 14.4 Å². The number of nitrogens with zero attached hydrogens (tertiary/aromatic N) is 1. The van der Waals surface area contributed by atoms with Gasteiger partial charge in [-0.3, -0.25) is 4.79 Å². The summed E-state index contributed by atoms with van der Waals surface area (Å²) in [6.07, 6.45) is 2.83. The first-order chi connectivity index (χ1) is 11.5. The summed E-state index contributed by atoms with van der Waals surface area (Å²) in [5.41, 5.74) is 0.683. The normalized spacial score (nSPS) is 14.1. The van der Waals surface area contributed by atoms with Gasteiger partial charge in [0.1, 0.15) is 6.54 Å². The first-order valence-corrected chi connectivity index (χ1v) is 8.08. The molecule has 0 aromatic heterocycles. The number of hydrogen-bond acceptors (Lipinski definition) is 7. The SMILES string of the molecule is COC(=O)/C=C/c1ccc(OC(=O)CN2CCSC2=O)c(OC)c1. The molecular weight excluding hydrogens is 334 g/mol. The van der Waals surface area contributed by atoms with Gasteiger partial charge in [0, 0.05) is 18.4 Å². The van der Waals surface area contributed by atoms with Crippen molar-refractivity contribution in [2.75, 3.05) is 33.1 Å². The lowest BCUT2D eigenvalue weighted by atomic mass is 10.2. The van der Waals surface area contributed by atoms with Crippen LogP contribution in [0.25, 0.3) is 6.08 Å². The summed E-state index contributed by atoms with van der Waals surface area (Å²) in [5.74, 6) is 0.255. The van der Waals surface area contributed by atoms with Gasteiger partial charge in [-0.1, -0.05) is 17.8 Å². The van der Waals surface area contributed by atoms with Gasteiger partial charge in [0.15, 0.2) is 11.5 Å². The number of carbonyl (C=O) groups excluding carboxylic acids is 3. The Hall–Kier alpha value is -2.48. The maximum atomic E-state index is 12.0. The van der Waals surface area contributed by atoms with Crippen molar-refractivity contribution in [1.29, 1.82) is 0 Å². The van der Waals surface area contributed by atoms with Crippen molar-refractivity contribution in [3.8, 4) is 11.5 Å². The van der Waals surface area contributed by atoms with Crippen molar-refractivity contribution in [2.24, 2.45) is 0 Å². The minimum Gasteiger partial charge on any atom is -0.493 e. The Morgan fingerprint density at radius 1 is 1.29 bits per heavy atom. The van der Waals surface area contributed by atoms with E-state index in [4.69, 9.17) is 9.47 Å². The molecule has 0 aliphatic carbocycles. The summed E-state index contributed by atoms with van der Waals surface area (Å²) >= 11 is 1.18. The second kappa shape index (κ2) is 8.39. The van der Waals surface area contributed by atoms with Crippen LogP contribution in [-0.4, -0.2) is 55.1 Å². The van der Waals surface area contributed by atoms with Crippen LogP contribution >= 0.6 is 11.8 Å². The van der Waals surface area contributed by atoms with Gasteiger partial charge in [0.05, 0.1) is 14.2 Å². The van der Waals surface area contributed by atoms with Crippen LogP contribution in [0.5, 0.6) is 11.5 Å². The topological polar surface area (TPSA) is 82.1 Å². The Labute approximate surface area is 143 Å². The standard InChI is InChI=1S/C16H17NO6S/c1-21-13-9-11(4-6-14(18)22-2)3-5-12(13)23-15(19)10-17-7-8-24-16(17)20/h3-6,9H,7-8,10H2,1-2H3/b6-4+. The third-order valence-corrected chi connectivity index (χ3v) is 4.08. The van der Waals surface area contributed by atoms with E-state index in [0.717, 1.165) is 0 Å². The van der Waals surface area contributed by atoms with E-state index in [2.05, 4.69) is 4.74 Å². The highest BCUT2D eigenvalue weighted by atomic mass is 32.2. The number of benzene rings is 1. The number of rotatable bonds is 6. The number of carbonyl (C=O) groups is 3. The zero-order chi connectivity index (χ0) is 17.5. The molecular formula is C16H17NO6S. The highest BCUT2D eigenvalue weighted by Gasteiger charge is 2.24. The summed E-state index contributed by atoms with van der Waals surface area (Å²) in [6, 6.07) is 4.86. The molecule has 0 unspecified atom stereocenters. The summed E-state index contributed by atoms with van der Waals surface area (Å²) in [4.78, 5) is 36.0. The predicted octanol–water partition coefficient (Wildman–Crippen LogP) is 1.96. The number of ether oxygens (including phenoxy) is 3. The largest absolute Gasteiger partial charge is 0.493 e. The third-order valence-electron chi connectivity index (χ3n) is 3.19. The molecule has 0 bridgehead atoms. The zero-order valence-electron chi connectivity index (χ0n) is 13.3. The van der Waals surface area contributed by atoms with E-state index in [1.807, 2.05) is 0 Å². The number of methoxy groups -OCH3 is 2. The van der Waals surface area contributed by atoms with Crippen molar-refractivity contribution in [3.63, 3.8) is 0 Å². The van der Waals surface area contributed by atoms with Crippen LogP contribution in [0.15, 0.2) is 24.3 Å². The Morgan fingerprint density at radius 3 is 2.71 bits per heavy atom. The van der Waals surface area contributed by atoms with E-state index in [1.54, 1.807) is 24.3 Å². The molecule has 1 saturated heterocycles. The van der Waals surface area contributed by atoms with Crippen LogP contribution in [-0.2, 0) is 14.3 Å². The molecule has 1 fully saturated rings. The number of thioether (sulfide) groups is 1. The molecule has 2 rings (SSSR count). The minimum atomic E-state index is -0.540. The summed E-state index contributed by atoms with van der Waals surface area (Å²) < 4.78 is 15.0. The average Bonchev–Trinajstić information content (AvgIpc) is 2.98. The lowest BCUT2D eigenvalue weighted by Crippen LogP contribution is -2.32. The molecule has 1 heterocycles. The van der Waals surface area contributed by atoms with Gasteiger partial charge in [-0.2, -0.15) is 0 Å². The van der Waals surface area contributed by atoms with E-state index < -0.39 is 11.9 Å². The van der Waals surface area contributed by atoms with Crippen molar-refractivity contribution in [1.82, 2.24) is 4.90 Å². The molecule has 7 nitrogen and oxygen atoms in total. The van der Waals surface area contributed by atoms with E-state index in [-0.39, 0.29) is 17.5 Å². The van der Waals surface area contributed by atoms with Crippen molar-refractivity contribution in [2.45, 2.75) is 0 Å². The second-order valence-electron chi connectivity index (χ2n) is 4.78. The van der Waals surface area contributed by atoms with Crippen LogP contribution in [0.4, 0.5) is 4.79 Å². The second-order valence-corrected chi connectivity index (χ2v) is 5.82. The molecule has 0 atom stereocenters. The van der Waals surface area contributed by atoms with Gasteiger partial charge in [0.2, 0.25) is 0 Å². The Balaban J connectivity index is 2.04. The minimum absolute atomic E-state index is 0.0982. The fraction of sp³-hybridized carbons (Fsp3) is 0.312. The van der Waals surface area contributed by atoms with Crippen molar-refractivity contribution >= 4 is 35.0 Å². The Morgan fingerprint density at radius 2 is 2.08 bits per heavy atom. The highest BCUT2D eigenvalue weighted by molar-refractivity contribution is 8.13. The lowest BCUT2D eigenvalue weighted by Gasteiger charge is -2.14. The van der Waals surface area contributed by atoms with Crippen LogP contribution in [0.3, 0.4) is 0 Å². The lowest BCUT2D eigenvalue weighted by molar-refractivity contribution is -0.135. The van der Waals surface area contributed by atoms with Crippen LogP contribution in [0, 0.1) is 0 Å². The van der Waals surface area contributed by atoms with Crippen molar-refractivity contribution < 1.29 is 28.6 Å². The Kier molecular flexibility index (Phi) is 6.25. The van der Waals surface area contributed by atoms with Gasteiger partial charge in [-0.25, -0.2) is 9.59 Å². The first-order valence-electron chi connectivity index (χ1n) is 7.10. The summed E-state index contributed by atoms with van der Waals surface area (Å²) in [5, 5.41) is -0.123. The molecule has 1 aliphatic heterocycles. The fourth-order valence-electron chi connectivity index (χ4n) is 1.98. The van der Waals surface area contributed by atoms with Crippen LogP contribution in [0.2, 0.25) is 0 Å². The van der Waals surface area contributed by atoms with E-state index in [1.165, 1.54) is 37.0 Å². The molecule has 1 amide bonds. The van der Waals surface area contributed by atoms with Gasteiger partial charge in [-0.05, 0) is 23.8 Å². The third kappa shape index (κ3) is 4.76. The Bertz CT molecular complexity index is 673. The maximum Gasteiger partial charge on any atom is 0.331 e. The number of amides is 1. The molecule has 24 heavy (non-hydrogen) atoms. The predicted molar refractivity (Wildman–Crippen MR) is 89.1 cm³/mol. The van der Waals surface area contributed by atoms with Gasteiger partial charge in [0.25, 0.3) is 5.24 Å². The first kappa shape index (κ1) is 17.9. The molecule has 1 aromatic carbocycles. The molecule has 0 radical (unpaired) electrons. The average molecular weight is 351 g/mol. The van der Waals surface area contributed by atoms with Gasteiger partial charge >= 0.3 is 11.9 Å². The van der Waals surface area contributed by atoms with E-state index in [0.29, 0.717) is 23.6 Å². The van der Waals surface area contributed by atoms with Crippen LogP contribution in [0.1, 0.15) is 5.56 Å². The molecule has 8 heteroatoms. The molecule has 1 aliphatic rings. The molecule has 0 saturated carbocycles. The smallest absolute Gasteiger partial charge is 0.331 e. The molecule has 0 N–H and O–H groups in total. The summed E-state index contributed by atoms with van der Waals surface area (Å²) in [6.45, 7) is 0.436.